The van der Waals surface area contributed by atoms with Crippen molar-refractivity contribution in [2.24, 2.45) is 0 Å². The minimum absolute atomic E-state index is 0.883. The van der Waals surface area contributed by atoms with Crippen LogP contribution in [-0.2, 0) is 0 Å². The fraction of sp³-hybridized carbons (Fsp3) is 0. The van der Waals surface area contributed by atoms with Crippen molar-refractivity contribution >= 4 is 22.5 Å². The third-order valence-electron chi connectivity index (χ3n) is 6.52. The standard InChI is InChI=1S/C32H20OS/c1-2-6-21(7-3-1)22-12-14-23(15-13-22)28-17-18-29(33-28)25-16-19-30-27(20-25)26-10-4-8-24-9-5-11-31(34-30)32(24)26/h1-20H. The molecule has 160 valence electrons. The molecule has 1 aliphatic rings. The maximum atomic E-state index is 6.33. The molecule has 0 aliphatic carbocycles. The summed E-state index contributed by atoms with van der Waals surface area (Å²) < 4.78 is 6.33. The van der Waals surface area contributed by atoms with Crippen LogP contribution in [-0.4, -0.2) is 0 Å². The van der Waals surface area contributed by atoms with Crippen LogP contribution >= 0.6 is 11.8 Å². The Morgan fingerprint density at radius 1 is 0.441 bits per heavy atom. The zero-order valence-electron chi connectivity index (χ0n) is 18.4. The molecule has 0 radical (unpaired) electrons. The molecule has 1 nitrogen and oxygen atoms in total. The van der Waals surface area contributed by atoms with E-state index < -0.39 is 0 Å². The average molecular weight is 453 g/mol. The molecular formula is C32H20OS. The van der Waals surface area contributed by atoms with E-state index in [1.807, 2.05) is 17.8 Å². The first-order valence-electron chi connectivity index (χ1n) is 11.4. The topological polar surface area (TPSA) is 13.1 Å². The van der Waals surface area contributed by atoms with Crippen LogP contribution in [0.5, 0.6) is 0 Å². The van der Waals surface area contributed by atoms with E-state index in [2.05, 4.69) is 115 Å². The highest BCUT2D eigenvalue weighted by Gasteiger charge is 2.20. The van der Waals surface area contributed by atoms with Gasteiger partial charge >= 0.3 is 0 Å². The molecule has 0 saturated heterocycles. The first-order valence-corrected chi connectivity index (χ1v) is 12.3. The van der Waals surface area contributed by atoms with Gasteiger partial charge in [0.2, 0.25) is 0 Å². The summed E-state index contributed by atoms with van der Waals surface area (Å²) in [6.07, 6.45) is 0. The Labute approximate surface area is 202 Å². The molecule has 0 saturated carbocycles. The largest absolute Gasteiger partial charge is 0.456 e. The van der Waals surface area contributed by atoms with Gasteiger partial charge < -0.3 is 4.42 Å². The normalized spacial score (nSPS) is 12.0. The van der Waals surface area contributed by atoms with E-state index in [1.54, 1.807) is 0 Å². The molecule has 2 heteroatoms. The van der Waals surface area contributed by atoms with Gasteiger partial charge in [-0.25, -0.2) is 0 Å². The van der Waals surface area contributed by atoms with E-state index in [-0.39, 0.29) is 0 Å². The summed E-state index contributed by atoms with van der Waals surface area (Å²) in [6, 6.07) is 42.9. The summed E-state index contributed by atoms with van der Waals surface area (Å²) in [5, 5.41) is 2.64. The quantitative estimate of drug-likeness (QED) is 0.265. The highest BCUT2D eigenvalue weighted by atomic mass is 32.2. The lowest BCUT2D eigenvalue weighted by Crippen LogP contribution is -1.93. The summed E-state index contributed by atoms with van der Waals surface area (Å²) in [7, 11) is 0. The van der Waals surface area contributed by atoms with Crippen LogP contribution in [0.3, 0.4) is 0 Å². The molecule has 0 amide bonds. The third kappa shape index (κ3) is 3.19. The predicted molar refractivity (Wildman–Crippen MR) is 142 cm³/mol. The fourth-order valence-corrected chi connectivity index (χ4v) is 5.95. The minimum Gasteiger partial charge on any atom is -0.456 e. The molecule has 34 heavy (non-hydrogen) atoms. The zero-order chi connectivity index (χ0) is 22.5. The van der Waals surface area contributed by atoms with Crippen molar-refractivity contribution in [1.29, 1.82) is 0 Å². The van der Waals surface area contributed by atoms with Gasteiger partial charge in [-0.3, -0.25) is 0 Å². The SMILES string of the molecule is c1ccc(-c2ccc(-c3ccc(-c4ccc5c(c4)-c4cccc6cccc(c46)S5)o3)cc2)cc1. The zero-order valence-corrected chi connectivity index (χ0v) is 19.2. The molecule has 0 atom stereocenters. The van der Waals surface area contributed by atoms with Gasteiger partial charge in [0.1, 0.15) is 11.5 Å². The molecule has 1 aromatic heterocycles. The number of fused-ring (bicyclic) bond motifs is 2. The number of rotatable bonds is 3. The second-order valence-electron chi connectivity index (χ2n) is 8.58. The van der Waals surface area contributed by atoms with E-state index in [9.17, 15) is 0 Å². The predicted octanol–water partition coefficient (Wildman–Crippen LogP) is 9.57. The Morgan fingerprint density at radius 3 is 1.94 bits per heavy atom. The Kier molecular flexibility index (Phi) is 4.46. The first-order chi connectivity index (χ1) is 16.8. The van der Waals surface area contributed by atoms with E-state index in [0.29, 0.717) is 0 Å². The monoisotopic (exact) mass is 452 g/mol. The molecule has 7 rings (SSSR count). The van der Waals surface area contributed by atoms with Crippen LogP contribution in [0.4, 0.5) is 0 Å². The van der Waals surface area contributed by atoms with Crippen molar-refractivity contribution in [3.8, 4) is 44.9 Å². The van der Waals surface area contributed by atoms with Crippen molar-refractivity contribution in [2.75, 3.05) is 0 Å². The second-order valence-corrected chi connectivity index (χ2v) is 9.66. The van der Waals surface area contributed by atoms with Crippen molar-refractivity contribution in [1.82, 2.24) is 0 Å². The molecule has 0 bridgehead atoms. The summed E-state index contributed by atoms with van der Waals surface area (Å²) >= 11 is 1.85. The van der Waals surface area contributed by atoms with Crippen LogP contribution in [0.25, 0.3) is 55.7 Å². The minimum atomic E-state index is 0.883. The number of furan rings is 1. The molecule has 2 heterocycles. The Hall–Kier alpha value is -4.01. The van der Waals surface area contributed by atoms with E-state index in [0.717, 1.165) is 22.6 Å². The molecule has 1 aliphatic heterocycles. The maximum absolute atomic E-state index is 6.33. The molecule has 0 fully saturated rings. The van der Waals surface area contributed by atoms with Crippen LogP contribution in [0.1, 0.15) is 0 Å². The van der Waals surface area contributed by atoms with E-state index in [1.165, 1.54) is 42.8 Å². The van der Waals surface area contributed by atoms with Gasteiger partial charge in [0.15, 0.2) is 0 Å². The van der Waals surface area contributed by atoms with Gasteiger partial charge in [0.05, 0.1) is 0 Å². The molecule has 0 unspecified atom stereocenters. The molecule has 5 aromatic carbocycles. The second kappa shape index (κ2) is 7.79. The lowest BCUT2D eigenvalue weighted by atomic mass is 9.96. The Morgan fingerprint density at radius 2 is 1.12 bits per heavy atom. The third-order valence-corrected chi connectivity index (χ3v) is 7.66. The van der Waals surface area contributed by atoms with Crippen molar-refractivity contribution < 1.29 is 4.42 Å². The van der Waals surface area contributed by atoms with Gasteiger partial charge in [-0.2, -0.15) is 0 Å². The highest BCUT2D eigenvalue weighted by molar-refractivity contribution is 7.99. The van der Waals surface area contributed by atoms with Gasteiger partial charge in [0, 0.05) is 26.3 Å². The Bertz CT molecular complexity index is 1650. The molecular weight excluding hydrogens is 432 g/mol. The molecule has 0 N–H and O–H groups in total. The number of hydrogen-bond acceptors (Lipinski definition) is 2. The lowest BCUT2D eigenvalue weighted by molar-refractivity contribution is 0.597. The van der Waals surface area contributed by atoms with Crippen LogP contribution in [0.15, 0.2) is 136 Å². The van der Waals surface area contributed by atoms with E-state index >= 15 is 0 Å². The summed E-state index contributed by atoms with van der Waals surface area (Å²) in [5.74, 6) is 1.77. The van der Waals surface area contributed by atoms with Crippen molar-refractivity contribution in [3.05, 3.63) is 121 Å². The van der Waals surface area contributed by atoms with Crippen LogP contribution < -0.4 is 0 Å². The average Bonchev–Trinajstić information content (AvgIpc) is 3.40. The van der Waals surface area contributed by atoms with Crippen molar-refractivity contribution in [3.63, 3.8) is 0 Å². The van der Waals surface area contributed by atoms with E-state index in [4.69, 9.17) is 4.42 Å². The van der Waals surface area contributed by atoms with Crippen LogP contribution in [0.2, 0.25) is 0 Å². The maximum Gasteiger partial charge on any atom is 0.134 e. The van der Waals surface area contributed by atoms with Crippen molar-refractivity contribution in [2.45, 2.75) is 9.79 Å². The summed E-state index contributed by atoms with van der Waals surface area (Å²) in [4.78, 5) is 2.62. The van der Waals surface area contributed by atoms with Crippen LogP contribution in [0, 0.1) is 0 Å². The highest BCUT2D eigenvalue weighted by Crippen LogP contribution is 2.48. The molecule has 6 aromatic rings. The number of hydrogen-bond donors (Lipinski definition) is 0. The first kappa shape index (κ1) is 19.5. The van der Waals surface area contributed by atoms with Gasteiger partial charge in [-0.15, -0.1) is 0 Å². The molecule has 0 spiro atoms. The van der Waals surface area contributed by atoms with Gasteiger partial charge in [-0.1, -0.05) is 103 Å². The summed E-state index contributed by atoms with van der Waals surface area (Å²) in [6.45, 7) is 0. The Balaban J connectivity index is 1.25. The fourth-order valence-electron chi connectivity index (χ4n) is 4.82. The smallest absolute Gasteiger partial charge is 0.134 e. The summed E-state index contributed by atoms with van der Waals surface area (Å²) in [5.41, 5.74) is 7.18. The van der Waals surface area contributed by atoms with Gasteiger partial charge in [0.25, 0.3) is 0 Å². The number of benzene rings is 5. The van der Waals surface area contributed by atoms with Gasteiger partial charge in [-0.05, 0) is 58.0 Å². The lowest BCUT2D eigenvalue weighted by Gasteiger charge is -2.20.